The van der Waals surface area contributed by atoms with Gasteiger partial charge in [0.15, 0.2) is 0 Å². The number of nitrogens with zero attached hydrogens (tertiary/aromatic N) is 1. The van der Waals surface area contributed by atoms with E-state index in [1.807, 2.05) is 17.1 Å². The number of benzene rings is 1. The van der Waals surface area contributed by atoms with Gasteiger partial charge in [-0.25, -0.2) is 0 Å². The molecule has 1 fully saturated rings. The SMILES string of the molecule is CCCCC[C@H](O)C=C[C@@H]1[C@H]2c3cccc(CCCC(=O)N(C(C)C)C(C)C)c3O[C@H]2C[C@H]1O. The Kier molecular flexibility index (Phi) is 9.61. The third kappa shape index (κ3) is 6.23. The Morgan fingerprint density at radius 2 is 1.91 bits per heavy atom. The first-order valence-corrected chi connectivity index (χ1v) is 13.4. The molecule has 190 valence electrons. The summed E-state index contributed by atoms with van der Waals surface area (Å²) in [5.41, 5.74) is 2.31. The molecule has 1 aliphatic heterocycles. The van der Waals surface area contributed by atoms with Crippen LogP contribution in [0.15, 0.2) is 30.4 Å². The number of amides is 1. The molecule has 2 aliphatic rings. The van der Waals surface area contributed by atoms with E-state index in [0.29, 0.717) is 12.8 Å². The fourth-order valence-electron chi connectivity index (χ4n) is 5.85. The fraction of sp³-hybridized carbons (Fsp3) is 0.690. The number of hydrogen-bond donors (Lipinski definition) is 2. The van der Waals surface area contributed by atoms with Gasteiger partial charge in [0.25, 0.3) is 0 Å². The van der Waals surface area contributed by atoms with E-state index in [1.54, 1.807) is 0 Å². The van der Waals surface area contributed by atoms with Crippen molar-refractivity contribution in [2.24, 2.45) is 5.92 Å². The van der Waals surface area contributed by atoms with Crippen LogP contribution in [0, 0.1) is 5.92 Å². The number of hydrogen-bond acceptors (Lipinski definition) is 4. The molecule has 1 aliphatic carbocycles. The second-order valence-electron chi connectivity index (χ2n) is 10.7. The monoisotopic (exact) mass is 471 g/mol. The Morgan fingerprint density at radius 3 is 2.59 bits per heavy atom. The van der Waals surface area contributed by atoms with Crippen molar-refractivity contribution < 1.29 is 19.7 Å². The maximum Gasteiger partial charge on any atom is 0.223 e. The minimum atomic E-state index is -0.459. The zero-order valence-electron chi connectivity index (χ0n) is 21.7. The molecule has 1 saturated carbocycles. The smallest absolute Gasteiger partial charge is 0.223 e. The van der Waals surface area contributed by atoms with E-state index in [0.717, 1.165) is 55.4 Å². The Labute approximate surface area is 206 Å². The highest BCUT2D eigenvalue weighted by Gasteiger charge is 2.48. The lowest BCUT2D eigenvalue weighted by atomic mass is 9.86. The van der Waals surface area contributed by atoms with E-state index >= 15 is 0 Å². The molecule has 1 aromatic carbocycles. The summed E-state index contributed by atoms with van der Waals surface area (Å²) in [6, 6.07) is 6.70. The molecule has 0 saturated heterocycles. The number of carbonyl (C=O) groups is 1. The van der Waals surface area contributed by atoms with Crippen molar-refractivity contribution in [3.63, 3.8) is 0 Å². The molecule has 1 aromatic rings. The van der Waals surface area contributed by atoms with Crippen molar-refractivity contribution in [3.05, 3.63) is 41.5 Å². The highest BCUT2D eigenvalue weighted by Crippen LogP contribution is 2.52. The van der Waals surface area contributed by atoms with Crippen LogP contribution in [0.5, 0.6) is 5.75 Å². The van der Waals surface area contributed by atoms with Gasteiger partial charge in [-0.3, -0.25) is 4.79 Å². The molecule has 5 nitrogen and oxygen atoms in total. The van der Waals surface area contributed by atoms with E-state index in [1.165, 1.54) is 0 Å². The van der Waals surface area contributed by atoms with Crippen LogP contribution in [0.1, 0.15) is 96.6 Å². The number of aliphatic hydroxyl groups is 2. The third-order valence-electron chi connectivity index (χ3n) is 7.39. The van der Waals surface area contributed by atoms with Gasteiger partial charge in [-0.15, -0.1) is 0 Å². The van der Waals surface area contributed by atoms with Crippen LogP contribution in [0.3, 0.4) is 0 Å². The molecule has 5 heteroatoms. The van der Waals surface area contributed by atoms with Gasteiger partial charge >= 0.3 is 0 Å². The van der Waals surface area contributed by atoms with Crippen molar-refractivity contribution in [2.75, 3.05) is 0 Å². The number of carbonyl (C=O) groups excluding carboxylic acids is 1. The summed E-state index contributed by atoms with van der Waals surface area (Å²) in [4.78, 5) is 14.7. The van der Waals surface area contributed by atoms with Crippen molar-refractivity contribution in [2.45, 2.75) is 122 Å². The molecule has 0 bridgehead atoms. The molecular formula is C29H45NO4. The van der Waals surface area contributed by atoms with Gasteiger partial charge in [-0.05, 0) is 52.5 Å². The lowest BCUT2D eigenvalue weighted by Gasteiger charge is -2.31. The van der Waals surface area contributed by atoms with E-state index in [4.69, 9.17) is 4.74 Å². The zero-order valence-corrected chi connectivity index (χ0v) is 21.7. The van der Waals surface area contributed by atoms with Crippen LogP contribution in [0.4, 0.5) is 0 Å². The third-order valence-corrected chi connectivity index (χ3v) is 7.39. The lowest BCUT2D eigenvalue weighted by Crippen LogP contribution is -2.41. The topological polar surface area (TPSA) is 70.0 Å². The van der Waals surface area contributed by atoms with Gasteiger partial charge in [0.1, 0.15) is 11.9 Å². The summed E-state index contributed by atoms with van der Waals surface area (Å²) >= 11 is 0. The minimum absolute atomic E-state index is 0.0305. The zero-order chi connectivity index (χ0) is 24.8. The standard InChI is InChI=1S/C29H45NO4/c1-6-7-8-13-22(31)16-17-23-25(32)18-26-28(23)24-14-9-11-21(29(24)34-26)12-10-15-27(33)30(19(2)3)20(4)5/h9,11,14,16-17,19-20,22-23,25-26,28,31-32H,6-8,10,12-13,15,18H2,1-5H3/t22-,23-,25+,26-,28-/m0/s1. The number of aryl methyl sites for hydroxylation is 1. The Morgan fingerprint density at radius 1 is 1.18 bits per heavy atom. The van der Waals surface area contributed by atoms with Crippen LogP contribution < -0.4 is 4.74 Å². The maximum absolute atomic E-state index is 12.7. The van der Waals surface area contributed by atoms with Gasteiger partial charge in [0.05, 0.1) is 12.2 Å². The largest absolute Gasteiger partial charge is 0.489 e. The molecule has 0 spiro atoms. The predicted molar refractivity (Wildman–Crippen MR) is 137 cm³/mol. The van der Waals surface area contributed by atoms with Gasteiger partial charge in [-0.1, -0.05) is 56.5 Å². The number of aliphatic hydroxyl groups excluding tert-OH is 2. The van der Waals surface area contributed by atoms with Gasteiger partial charge in [0.2, 0.25) is 5.91 Å². The van der Waals surface area contributed by atoms with Crippen molar-refractivity contribution in [1.82, 2.24) is 4.90 Å². The van der Waals surface area contributed by atoms with Gasteiger partial charge < -0.3 is 19.8 Å². The molecule has 0 unspecified atom stereocenters. The van der Waals surface area contributed by atoms with E-state index in [-0.39, 0.29) is 35.9 Å². The molecule has 3 rings (SSSR count). The van der Waals surface area contributed by atoms with Gasteiger partial charge in [0, 0.05) is 42.3 Å². The van der Waals surface area contributed by atoms with Crippen molar-refractivity contribution >= 4 is 5.91 Å². The first-order chi connectivity index (χ1) is 16.2. The second-order valence-corrected chi connectivity index (χ2v) is 10.7. The first-order valence-electron chi connectivity index (χ1n) is 13.4. The first kappa shape index (κ1) is 26.7. The second kappa shape index (κ2) is 12.2. The lowest BCUT2D eigenvalue weighted by molar-refractivity contribution is -0.134. The van der Waals surface area contributed by atoms with Crippen molar-refractivity contribution in [3.8, 4) is 5.75 Å². The molecule has 0 radical (unpaired) electrons. The van der Waals surface area contributed by atoms with Crippen LogP contribution in [-0.2, 0) is 11.2 Å². The van der Waals surface area contributed by atoms with E-state index in [2.05, 4.69) is 52.8 Å². The quantitative estimate of drug-likeness (QED) is 0.317. The summed E-state index contributed by atoms with van der Waals surface area (Å²) < 4.78 is 6.38. The summed E-state index contributed by atoms with van der Waals surface area (Å²) in [5, 5.41) is 21.0. The van der Waals surface area contributed by atoms with E-state index in [9.17, 15) is 15.0 Å². The fourth-order valence-corrected chi connectivity index (χ4v) is 5.85. The minimum Gasteiger partial charge on any atom is -0.489 e. The summed E-state index contributed by atoms with van der Waals surface area (Å²) in [5.74, 6) is 1.22. The predicted octanol–water partition coefficient (Wildman–Crippen LogP) is 5.38. The Balaban J connectivity index is 1.65. The highest BCUT2D eigenvalue weighted by atomic mass is 16.5. The van der Waals surface area contributed by atoms with E-state index < -0.39 is 12.2 Å². The van der Waals surface area contributed by atoms with Crippen molar-refractivity contribution in [1.29, 1.82) is 0 Å². The average Bonchev–Trinajstić information content (AvgIpc) is 3.27. The number of para-hydroxylation sites is 1. The molecule has 1 amide bonds. The number of ether oxygens (including phenoxy) is 1. The van der Waals surface area contributed by atoms with Crippen LogP contribution in [-0.4, -0.2) is 51.4 Å². The highest BCUT2D eigenvalue weighted by molar-refractivity contribution is 5.76. The molecule has 0 aromatic heterocycles. The summed E-state index contributed by atoms with van der Waals surface area (Å²) in [6.07, 6.45) is 9.73. The molecule has 2 N–H and O–H groups in total. The van der Waals surface area contributed by atoms with Crippen LogP contribution in [0.25, 0.3) is 0 Å². The molecular weight excluding hydrogens is 426 g/mol. The normalized spacial score (nSPS) is 24.5. The summed E-state index contributed by atoms with van der Waals surface area (Å²) in [6.45, 7) is 10.4. The van der Waals surface area contributed by atoms with Crippen LogP contribution >= 0.6 is 0 Å². The van der Waals surface area contributed by atoms with Gasteiger partial charge in [-0.2, -0.15) is 0 Å². The Hall–Kier alpha value is -1.85. The summed E-state index contributed by atoms with van der Waals surface area (Å²) in [7, 11) is 0. The number of fused-ring (bicyclic) bond motifs is 3. The average molecular weight is 472 g/mol. The van der Waals surface area contributed by atoms with Crippen LogP contribution in [0.2, 0.25) is 0 Å². The number of unbranched alkanes of at least 4 members (excludes halogenated alkanes) is 2. The molecule has 1 heterocycles. The number of rotatable bonds is 12. The maximum atomic E-state index is 12.7. The Bertz CT molecular complexity index is 825. The molecule has 5 atom stereocenters. The molecule has 34 heavy (non-hydrogen) atoms.